The van der Waals surface area contributed by atoms with Gasteiger partial charge in [0.15, 0.2) is 0 Å². The number of ether oxygens (including phenoxy) is 1. The predicted molar refractivity (Wildman–Crippen MR) is 112 cm³/mol. The van der Waals surface area contributed by atoms with Gasteiger partial charge in [0.1, 0.15) is 5.00 Å². The molecule has 4 rings (SSSR count). The molecule has 0 saturated heterocycles. The van der Waals surface area contributed by atoms with Crippen LogP contribution in [0.2, 0.25) is 0 Å². The number of aryl methyl sites for hydroxylation is 1. The molecule has 2 aliphatic rings. The number of esters is 1. The number of hydrogen-bond donors (Lipinski definition) is 1. The fraction of sp³-hybridized carbons (Fsp3) is 0.632. The lowest BCUT2D eigenvalue weighted by molar-refractivity contribution is -0.113. The summed E-state index contributed by atoms with van der Waals surface area (Å²) in [6.45, 7) is 0. The van der Waals surface area contributed by atoms with Gasteiger partial charge in [0.05, 0.1) is 24.5 Å². The van der Waals surface area contributed by atoms with E-state index in [4.69, 9.17) is 4.74 Å². The molecule has 10 heteroatoms. The number of amides is 1. The van der Waals surface area contributed by atoms with Crippen molar-refractivity contribution in [3.63, 3.8) is 0 Å². The van der Waals surface area contributed by atoms with Gasteiger partial charge in [-0.05, 0) is 54.5 Å². The molecular weight excluding hydrogens is 410 g/mol. The van der Waals surface area contributed by atoms with Gasteiger partial charge in [0.2, 0.25) is 11.1 Å². The Hall–Kier alpha value is -1.94. The molecule has 0 atom stereocenters. The van der Waals surface area contributed by atoms with Gasteiger partial charge in [-0.2, -0.15) is 0 Å². The van der Waals surface area contributed by atoms with Crippen molar-refractivity contribution < 1.29 is 14.3 Å². The first-order valence-corrected chi connectivity index (χ1v) is 11.9. The average molecular weight is 436 g/mol. The Morgan fingerprint density at radius 2 is 2.00 bits per heavy atom. The van der Waals surface area contributed by atoms with Crippen molar-refractivity contribution in [2.75, 3.05) is 18.2 Å². The highest BCUT2D eigenvalue weighted by Crippen LogP contribution is 2.38. The maximum absolute atomic E-state index is 12.6. The summed E-state index contributed by atoms with van der Waals surface area (Å²) in [6.07, 6.45) is 9.77. The number of nitrogens with one attached hydrogen (secondary N) is 1. The third-order valence-corrected chi connectivity index (χ3v) is 7.67. The van der Waals surface area contributed by atoms with Crippen LogP contribution < -0.4 is 5.32 Å². The predicted octanol–water partition coefficient (Wildman–Crippen LogP) is 3.64. The molecule has 29 heavy (non-hydrogen) atoms. The molecule has 0 aliphatic heterocycles. The fourth-order valence-electron chi connectivity index (χ4n) is 4.10. The molecule has 0 aromatic carbocycles. The normalized spacial score (nSPS) is 17.0. The van der Waals surface area contributed by atoms with Crippen LogP contribution in [0.1, 0.15) is 71.8 Å². The van der Waals surface area contributed by atoms with Crippen molar-refractivity contribution in [1.82, 2.24) is 20.2 Å². The lowest BCUT2D eigenvalue weighted by Gasteiger charge is -2.21. The van der Waals surface area contributed by atoms with Gasteiger partial charge >= 0.3 is 5.97 Å². The van der Waals surface area contributed by atoms with E-state index in [1.807, 2.05) is 4.68 Å². The highest BCUT2D eigenvalue weighted by molar-refractivity contribution is 7.99. The summed E-state index contributed by atoms with van der Waals surface area (Å²) in [5, 5.41) is 16.2. The van der Waals surface area contributed by atoms with Crippen LogP contribution in [0.5, 0.6) is 0 Å². The van der Waals surface area contributed by atoms with Gasteiger partial charge in [-0.1, -0.05) is 31.0 Å². The number of rotatable bonds is 6. The molecule has 0 spiro atoms. The van der Waals surface area contributed by atoms with Crippen molar-refractivity contribution in [3.8, 4) is 0 Å². The molecule has 1 fully saturated rings. The number of carbonyl (C=O) groups excluding carboxylic acids is 2. The summed E-state index contributed by atoms with van der Waals surface area (Å²) < 4.78 is 6.83. The van der Waals surface area contributed by atoms with Crippen LogP contribution in [0.15, 0.2) is 5.16 Å². The maximum atomic E-state index is 12.6. The number of carbonyl (C=O) groups is 2. The average Bonchev–Trinajstić information content (AvgIpc) is 3.36. The van der Waals surface area contributed by atoms with Gasteiger partial charge in [0, 0.05) is 4.88 Å². The highest BCUT2D eigenvalue weighted by atomic mass is 32.2. The number of methoxy groups -OCH3 is 1. The molecule has 0 radical (unpaired) electrons. The Morgan fingerprint density at radius 3 is 2.79 bits per heavy atom. The molecular formula is C19H25N5O3S2. The summed E-state index contributed by atoms with van der Waals surface area (Å²) in [5.41, 5.74) is 1.56. The van der Waals surface area contributed by atoms with Crippen LogP contribution in [0.25, 0.3) is 0 Å². The van der Waals surface area contributed by atoms with Crippen molar-refractivity contribution in [3.05, 3.63) is 16.0 Å². The quantitative estimate of drug-likeness (QED) is 0.546. The Morgan fingerprint density at radius 1 is 1.21 bits per heavy atom. The van der Waals surface area contributed by atoms with Gasteiger partial charge in [0.25, 0.3) is 0 Å². The number of thiophene rings is 1. The maximum Gasteiger partial charge on any atom is 0.341 e. The van der Waals surface area contributed by atoms with Crippen LogP contribution in [0.4, 0.5) is 5.00 Å². The van der Waals surface area contributed by atoms with E-state index < -0.39 is 0 Å². The summed E-state index contributed by atoms with van der Waals surface area (Å²) in [6, 6.07) is 0.319. The second-order valence-electron chi connectivity index (χ2n) is 7.44. The number of anilines is 1. The second-order valence-corrected chi connectivity index (χ2v) is 9.49. The van der Waals surface area contributed by atoms with Crippen molar-refractivity contribution in [1.29, 1.82) is 0 Å². The first-order chi connectivity index (χ1) is 14.2. The summed E-state index contributed by atoms with van der Waals surface area (Å²) in [7, 11) is 1.38. The zero-order chi connectivity index (χ0) is 20.2. The molecule has 2 aromatic heterocycles. The monoisotopic (exact) mass is 435 g/mol. The van der Waals surface area contributed by atoms with Gasteiger partial charge in [-0.25, -0.2) is 9.48 Å². The second kappa shape index (κ2) is 9.25. The number of aromatic nitrogens is 4. The van der Waals surface area contributed by atoms with E-state index in [1.54, 1.807) is 0 Å². The fourth-order valence-corrected chi connectivity index (χ4v) is 6.14. The lowest BCUT2D eigenvalue weighted by Crippen LogP contribution is -2.18. The standard InChI is InChI=1S/C19H25N5O3S2/c1-27-18(26)16-13-9-5-6-10-14(13)29-17(16)20-15(25)11-28-19-21-22-23-24(19)12-7-3-2-4-8-12/h12H,2-11H2,1H3,(H,20,25). The third kappa shape index (κ3) is 4.48. The van der Waals surface area contributed by atoms with E-state index in [1.165, 1.54) is 54.3 Å². The Bertz CT molecular complexity index is 889. The molecule has 1 N–H and O–H groups in total. The molecule has 0 unspecified atom stereocenters. The van der Waals surface area contributed by atoms with E-state index in [-0.39, 0.29) is 17.6 Å². The van der Waals surface area contributed by atoms with E-state index in [9.17, 15) is 9.59 Å². The minimum atomic E-state index is -0.381. The first kappa shape index (κ1) is 20.3. The summed E-state index contributed by atoms with van der Waals surface area (Å²) in [4.78, 5) is 26.1. The van der Waals surface area contributed by atoms with E-state index in [0.717, 1.165) is 44.1 Å². The summed E-state index contributed by atoms with van der Waals surface area (Å²) >= 11 is 2.83. The lowest BCUT2D eigenvalue weighted by atomic mass is 9.95. The number of hydrogen-bond acceptors (Lipinski definition) is 8. The van der Waals surface area contributed by atoms with E-state index in [0.29, 0.717) is 21.8 Å². The number of fused-ring (bicyclic) bond motifs is 1. The Kier molecular flexibility index (Phi) is 6.49. The van der Waals surface area contributed by atoms with Crippen molar-refractivity contribution >= 4 is 40.0 Å². The molecule has 1 amide bonds. The van der Waals surface area contributed by atoms with Gasteiger partial charge in [-0.3, -0.25) is 4.79 Å². The van der Waals surface area contributed by atoms with Crippen LogP contribution in [-0.4, -0.2) is 44.9 Å². The van der Waals surface area contributed by atoms with Gasteiger partial charge < -0.3 is 10.1 Å². The summed E-state index contributed by atoms with van der Waals surface area (Å²) in [5.74, 6) is -0.360. The molecule has 1 saturated carbocycles. The first-order valence-electron chi connectivity index (χ1n) is 10.1. The molecule has 0 bridgehead atoms. The molecule has 156 valence electrons. The Labute approximate surface area is 177 Å². The highest BCUT2D eigenvalue weighted by Gasteiger charge is 2.27. The van der Waals surface area contributed by atoms with Crippen LogP contribution in [0, 0.1) is 0 Å². The van der Waals surface area contributed by atoms with Crippen LogP contribution >= 0.6 is 23.1 Å². The number of tetrazole rings is 1. The minimum Gasteiger partial charge on any atom is -0.465 e. The smallest absolute Gasteiger partial charge is 0.341 e. The van der Waals surface area contributed by atoms with Crippen LogP contribution in [-0.2, 0) is 22.4 Å². The molecule has 2 aliphatic carbocycles. The van der Waals surface area contributed by atoms with Crippen LogP contribution in [0.3, 0.4) is 0 Å². The van der Waals surface area contributed by atoms with E-state index >= 15 is 0 Å². The molecule has 2 heterocycles. The van der Waals surface area contributed by atoms with Crippen molar-refractivity contribution in [2.45, 2.75) is 69.0 Å². The largest absolute Gasteiger partial charge is 0.465 e. The topological polar surface area (TPSA) is 99.0 Å². The van der Waals surface area contributed by atoms with E-state index in [2.05, 4.69) is 20.8 Å². The zero-order valence-electron chi connectivity index (χ0n) is 16.5. The number of nitrogens with zero attached hydrogens (tertiary/aromatic N) is 4. The Balaban J connectivity index is 1.43. The SMILES string of the molecule is COC(=O)c1c(NC(=O)CSc2nnnn2C2CCCCC2)sc2c1CCCC2. The number of thioether (sulfide) groups is 1. The van der Waals surface area contributed by atoms with Gasteiger partial charge in [-0.15, -0.1) is 16.4 Å². The zero-order valence-corrected chi connectivity index (χ0v) is 18.1. The third-order valence-electron chi connectivity index (χ3n) is 5.53. The van der Waals surface area contributed by atoms with Crippen molar-refractivity contribution in [2.24, 2.45) is 0 Å². The molecule has 8 nitrogen and oxygen atoms in total. The molecule has 2 aromatic rings. The minimum absolute atomic E-state index is 0.169.